The average Bonchev–Trinajstić information content (AvgIpc) is 2.25. The topological polar surface area (TPSA) is 75.6 Å². The SMILES string of the molecule is COC(=O)C(CSCC(C)CO)NC(C)=O. The number of aliphatic hydroxyl groups is 1. The molecule has 0 radical (unpaired) electrons. The van der Waals surface area contributed by atoms with Gasteiger partial charge in [-0.25, -0.2) is 4.79 Å². The highest BCUT2D eigenvalue weighted by atomic mass is 32.2. The van der Waals surface area contributed by atoms with E-state index >= 15 is 0 Å². The lowest BCUT2D eigenvalue weighted by Crippen LogP contribution is -2.42. The van der Waals surface area contributed by atoms with Crippen molar-refractivity contribution in [1.29, 1.82) is 0 Å². The molecule has 5 nitrogen and oxygen atoms in total. The molecule has 0 saturated carbocycles. The minimum Gasteiger partial charge on any atom is -0.467 e. The van der Waals surface area contributed by atoms with Gasteiger partial charge in [0.25, 0.3) is 0 Å². The van der Waals surface area contributed by atoms with Gasteiger partial charge in [-0.05, 0) is 11.7 Å². The summed E-state index contributed by atoms with van der Waals surface area (Å²) in [5.41, 5.74) is 0. The van der Waals surface area contributed by atoms with Gasteiger partial charge in [0.2, 0.25) is 5.91 Å². The Morgan fingerprint density at radius 3 is 2.50 bits per heavy atom. The van der Waals surface area contributed by atoms with Crippen molar-refractivity contribution < 1.29 is 19.4 Å². The zero-order chi connectivity index (χ0) is 12.6. The Morgan fingerprint density at radius 1 is 1.44 bits per heavy atom. The number of thioether (sulfide) groups is 1. The van der Waals surface area contributed by atoms with Crippen LogP contribution in [0.4, 0.5) is 0 Å². The molecule has 2 atom stereocenters. The van der Waals surface area contributed by atoms with E-state index in [0.29, 0.717) is 5.75 Å². The van der Waals surface area contributed by atoms with Crippen LogP contribution >= 0.6 is 11.8 Å². The van der Waals surface area contributed by atoms with Crippen molar-refractivity contribution in [2.45, 2.75) is 19.9 Å². The Morgan fingerprint density at radius 2 is 2.06 bits per heavy atom. The smallest absolute Gasteiger partial charge is 0.329 e. The van der Waals surface area contributed by atoms with Crippen LogP contribution in [0.1, 0.15) is 13.8 Å². The molecule has 0 aromatic carbocycles. The fraction of sp³-hybridized carbons (Fsp3) is 0.800. The molecule has 16 heavy (non-hydrogen) atoms. The Kier molecular flexibility index (Phi) is 8.01. The third-order valence-electron chi connectivity index (χ3n) is 1.86. The number of ether oxygens (including phenoxy) is 1. The number of nitrogens with one attached hydrogen (secondary N) is 1. The van der Waals surface area contributed by atoms with E-state index in [9.17, 15) is 9.59 Å². The molecule has 94 valence electrons. The Bertz CT molecular complexity index is 235. The molecule has 0 aromatic heterocycles. The Balaban J connectivity index is 4.01. The van der Waals surface area contributed by atoms with Crippen LogP contribution < -0.4 is 5.32 Å². The first-order chi connectivity index (χ1) is 7.51. The third kappa shape index (κ3) is 6.68. The van der Waals surface area contributed by atoms with Crippen molar-refractivity contribution in [3.63, 3.8) is 0 Å². The van der Waals surface area contributed by atoms with E-state index in [1.807, 2.05) is 6.92 Å². The monoisotopic (exact) mass is 249 g/mol. The molecule has 1 amide bonds. The standard InChI is InChI=1S/C10H19NO4S/c1-7(4-12)5-16-6-9(10(14)15-3)11-8(2)13/h7,9,12H,4-6H2,1-3H3,(H,11,13). The van der Waals surface area contributed by atoms with Crippen LogP contribution in [0.15, 0.2) is 0 Å². The fourth-order valence-corrected chi connectivity index (χ4v) is 2.10. The number of amides is 1. The fourth-order valence-electron chi connectivity index (χ4n) is 0.996. The van der Waals surface area contributed by atoms with Crippen LogP contribution in [0.3, 0.4) is 0 Å². The number of rotatable bonds is 7. The summed E-state index contributed by atoms with van der Waals surface area (Å²) < 4.78 is 4.58. The summed E-state index contributed by atoms with van der Waals surface area (Å²) in [5, 5.41) is 11.4. The predicted octanol–water partition coefficient (Wildman–Crippen LogP) is 0.0257. The number of hydrogen-bond donors (Lipinski definition) is 2. The van der Waals surface area contributed by atoms with Crippen molar-refractivity contribution in [3.8, 4) is 0 Å². The van der Waals surface area contributed by atoms with Gasteiger partial charge in [0.05, 0.1) is 7.11 Å². The van der Waals surface area contributed by atoms with Crippen molar-refractivity contribution in [1.82, 2.24) is 5.32 Å². The van der Waals surface area contributed by atoms with E-state index < -0.39 is 12.0 Å². The minimum atomic E-state index is -0.613. The van der Waals surface area contributed by atoms with E-state index in [-0.39, 0.29) is 18.4 Å². The maximum absolute atomic E-state index is 11.3. The lowest BCUT2D eigenvalue weighted by atomic mass is 10.2. The van der Waals surface area contributed by atoms with E-state index in [1.54, 1.807) is 0 Å². The average molecular weight is 249 g/mol. The van der Waals surface area contributed by atoms with Crippen LogP contribution in [0.5, 0.6) is 0 Å². The van der Waals surface area contributed by atoms with Gasteiger partial charge >= 0.3 is 5.97 Å². The van der Waals surface area contributed by atoms with Crippen molar-refractivity contribution in [2.75, 3.05) is 25.2 Å². The zero-order valence-electron chi connectivity index (χ0n) is 9.86. The van der Waals surface area contributed by atoms with Gasteiger partial charge < -0.3 is 15.2 Å². The van der Waals surface area contributed by atoms with Gasteiger partial charge in [-0.2, -0.15) is 11.8 Å². The molecule has 0 rings (SSSR count). The molecule has 2 N–H and O–H groups in total. The van der Waals surface area contributed by atoms with E-state index in [2.05, 4.69) is 10.1 Å². The van der Waals surface area contributed by atoms with Crippen molar-refractivity contribution in [3.05, 3.63) is 0 Å². The molecule has 0 aliphatic rings. The lowest BCUT2D eigenvalue weighted by Gasteiger charge is -2.15. The summed E-state index contributed by atoms with van der Waals surface area (Å²) in [6.45, 7) is 3.39. The van der Waals surface area contributed by atoms with Gasteiger partial charge in [-0.1, -0.05) is 6.92 Å². The highest BCUT2D eigenvalue weighted by molar-refractivity contribution is 7.99. The van der Waals surface area contributed by atoms with Crippen LogP contribution in [-0.2, 0) is 14.3 Å². The van der Waals surface area contributed by atoms with Gasteiger partial charge in [0, 0.05) is 19.3 Å². The van der Waals surface area contributed by atoms with Crippen molar-refractivity contribution >= 4 is 23.6 Å². The second-order valence-corrected chi connectivity index (χ2v) is 4.68. The molecule has 0 fully saturated rings. The Labute approximate surface area is 99.9 Å². The first-order valence-electron chi connectivity index (χ1n) is 5.04. The number of hydrogen-bond acceptors (Lipinski definition) is 5. The van der Waals surface area contributed by atoms with Gasteiger partial charge in [-0.15, -0.1) is 0 Å². The lowest BCUT2D eigenvalue weighted by molar-refractivity contribution is -0.144. The number of aliphatic hydroxyl groups excluding tert-OH is 1. The van der Waals surface area contributed by atoms with Crippen LogP contribution in [0.2, 0.25) is 0 Å². The normalized spacial score (nSPS) is 14.0. The van der Waals surface area contributed by atoms with Crippen LogP contribution in [0.25, 0.3) is 0 Å². The second kappa shape index (κ2) is 8.41. The highest BCUT2D eigenvalue weighted by Crippen LogP contribution is 2.10. The maximum Gasteiger partial charge on any atom is 0.329 e. The first kappa shape index (κ1) is 15.2. The first-order valence-corrected chi connectivity index (χ1v) is 6.20. The highest BCUT2D eigenvalue weighted by Gasteiger charge is 2.20. The molecule has 2 unspecified atom stereocenters. The molecular weight excluding hydrogens is 230 g/mol. The molecule has 6 heteroatoms. The maximum atomic E-state index is 11.3. The number of esters is 1. The summed E-state index contributed by atoms with van der Waals surface area (Å²) in [7, 11) is 1.29. The van der Waals surface area contributed by atoms with Crippen molar-refractivity contribution in [2.24, 2.45) is 5.92 Å². The van der Waals surface area contributed by atoms with Gasteiger partial charge in [0.1, 0.15) is 6.04 Å². The van der Waals surface area contributed by atoms with E-state index in [0.717, 1.165) is 5.75 Å². The molecular formula is C10H19NO4S. The molecule has 0 aromatic rings. The molecule has 0 saturated heterocycles. The summed E-state index contributed by atoms with van der Waals surface area (Å²) in [4.78, 5) is 22.2. The third-order valence-corrected chi connectivity index (χ3v) is 3.24. The van der Waals surface area contributed by atoms with Crippen LogP contribution in [-0.4, -0.2) is 48.2 Å². The zero-order valence-corrected chi connectivity index (χ0v) is 10.7. The predicted molar refractivity (Wildman–Crippen MR) is 63.2 cm³/mol. The largest absolute Gasteiger partial charge is 0.467 e. The number of carbonyl (C=O) groups is 2. The molecule has 0 spiro atoms. The summed E-state index contributed by atoms with van der Waals surface area (Å²) in [5.74, 6) is 0.673. The van der Waals surface area contributed by atoms with E-state index in [1.165, 1.54) is 25.8 Å². The van der Waals surface area contributed by atoms with Gasteiger partial charge in [-0.3, -0.25) is 4.79 Å². The van der Waals surface area contributed by atoms with Gasteiger partial charge in [0.15, 0.2) is 0 Å². The molecule has 0 heterocycles. The summed E-state index contributed by atoms with van der Waals surface area (Å²) in [6, 6.07) is -0.613. The number of carbonyl (C=O) groups excluding carboxylic acids is 2. The second-order valence-electron chi connectivity index (χ2n) is 3.60. The molecule has 0 aliphatic heterocycles. The quantitative estimate of drug-likeness (QED) is 0.622. The number of methoxy groups -OCH3 is 1. The summed E-state index contributed by atoms with van der Waals surface area (Å²) >= 11 is 1.50. The van der Waals surface area contributed by atoms with E-state index in [4.69, 9.17) is 5.11 Å². The molecule has 0 aliphatic carbocycles. The summed E-state index contributed by atoms with van der Waals surface area (Å²) in [6.07, 6.45) is 0. The van der Waals surface area contributed by atoms with Crippen LogP contribution in [0, 0.1) is 5.92 Å². The molecule has 0 bridgehead atoms. The minimum absolute atomic E-state index is 0.121. The Hall–Kier alpha value is -0.750.